The highest BCUT2D eigenvalue weighted by Gasteiger charge is 2.27. The van der Waals surface area contributed by atoms with E-state index in [1.165, 1.54) is 0 Å². The lowest BCUT2D eigenvalue weighted by atomic mass is 9.91. The summed E-state index contributed by atoms with van der Waals surface area (Å²) >= 11 is 0. The summed E-state index contributed by atoms with van der Waals surface area (Å²) in [4.78, 5) is 12.2. The monoisotopic (exact) mass is 286 g/mol. The largest absolute Gasteiger partial charge is 0.460 e. The Morgan fingerprint density at radius 1 is 1.20 bits per heavy atom. The van der Waals surface area contributed by atoms with Crippen LogP contribution < -0.4 is 0 Å². The summed E-state index contributed by atoms with van der Waals surface area (Å²) in [6, 6.07) is 0. The van der Waals surface area contributed by atoms with E-state index in [1.807, 2.05) is 26.8 Å². The zero-order valence-corrected chi connectivity index (χ0v) is 13.8. The minimum atomic E-state index is -1.23. The normalized spacial score (nSPS) is 13.9. The lowest BCUT2D eigenvalue weighted by Crippen LogP contribution is -2.29. The average Bonchev–Trinajstić information content (AvgIpc) is 2.24. The molecule has 0 aromatic rings. The molecule has 0 aliphatic heterocycles. The molecule has 0 aliphatic carbocycles. The van der Waals surface area contributed by atoms with E-state index >= 15 is 0 Å². The van der Waals surface area contributed by atoms with Gasteiger partial charge in [-0.1, -0.05) is 12.5 Å². The molecule has 20 heavy (non-hydrogen) atoms. The van der Waals surface area contributed by atoms with Crippen LogP contribution in [0.3, 0.4) is 0 Å². The molecule has 0 amide bonds. The van der Waals surface area contributed by atoms with Gasteiger partial charge in [-0.25, -0.2) is 4.39 Å². The SMILES string of the molecule is C=CCCCCC(CCC(C)(C)F)C(=O)OC(C)(C)C. The molecule has 0 aromatic carbocycles. The summed E-state index contributed by atoms with van der Waals surface area (Å²) in [7, 11) is 0. The number of hydrogen-bond donors (Lipinski definition) is 0. The number of allylic oxidation sites excluding steroid dienone is 1. The molecule has 0 saturated carbocycles. The highest BCUT2D eigenvalue weighted by molar-refractivity contribution is 5.72. The van der Waals surface area contributed by atoms with Crippen molar-refractivity contribution < 1.29 is 13.9 Å². The van der Waals surface area contributed by atoms with E-state index in [2.05, 4.69) is 6.58 Å². The van der Waals surface area contributed by atoms with Gasteiger partial charge < -0.3 is 4.74 Å². The number of halogens is 1. The molecule has 1 unspecified atom stereocenters. The number of carbonyl (C=O) groups excluding carboxylic acids is 1. The molecule has 0 saturated heterocycles. The van der Waals surface area contributed by atoms with Gasteiger partial charge in [0.2, 0.25) is 0 Å². The maximum Gasteiger partial charge on any atom is 0.309 e. The standard InChI is InChI=1S/C17H31FO2/c1-7-8-9-10-11-14(12-13-17(5,6)18)15(19)20-16(2,3)4/h7,14H,1,8-13H2,2-6H3. The van der Waals surface area contributed by atoms with Crippen molar-refractivity contribution in [2.75, 3.05) is 0 Å². The maximum atomic E-state index is 13.6. The van der Waals surface area contributed by atoms with Gasteiger partial charge in [0, 0.05) is 0 Å². The number of carbonyl (C=O) groups is 1. The van der Waals surface area contributed by atoms with Crippen molar-refractivity contribution >= 4 is 5.97 Å². The zero-order valence-electron chi connectivity index (χ0n) is 13.8. The highest BCUT2D eigenvalue weighted by Crippen LogP contribution is 2.25. The van der Waals surface area contributed by atoms with Crippen molar-refractivity contribution in [1.82, 2.24) is 0 Å². The first-order chi connectivity index (χ1) is 9.05. The molecule has 0 fully saturated rings. The fourth-order valence-electron chi connectivity index (χ4n) is 1.96. The van der Waals surface area contributed by atoms with Gasteiger partial charge in [0.05, 0.1) is 5.92 Å². The number of alkyl halides is 1. The van der Waals surface area contributed by atoms with Gasteiger partial charge >= 0.3 is 5.97 Å². The Bertz CT molecular complexity index is 297. The summed E-state index contributed by atoms with van der Waals surface area (Å²) < 4.78 is 19.1. The molecule has 0 aliphatic rings. The smallest absolute Gasteiger partial charge is 0.309 e. The van der Waals surface area contributed by atoms with Crippen LogP contribution in [0.2, 0.25) is 0 Å². The molecule has 0 aromatic heterocycles. The third-order valence-corrected chi connectivity index (χ3v) is 3.04. The van der Waals surface area contributed by atoms with Crippen LogP contribution >= 0.6 is 0 Å². The van der Waals surface area contributed by atoms with E-state index in [9.17, 15) is 9.18 Å². The molecule has 0 bridgehead atoms. The quantitative estimate of drug-likeness (QED) is 0.330. The zero-order chi connectivity index (χ0) is 15.8. The van der Waals surface area contributed by atoms with Gasteiger partial charge in [-0.3, -0.25) is 4.79 Å². The lowest BCUT2D eigenvalue weighted by Gasteiger charge is -2.25. The van der Waals surface area contributed by atoms with E-state index in [1.54, 1.807) is 13.8 Å². The van der Waals surface area contributed by atoms with E-state index in [4.69, 9.17) is 4.74 Å². The van der Waals surface area contributed by atoms with E-state index in [-0.39, 0.29) is 11.9 Å². The maximum absolute atomic E-state index is 13.6. The van der Waals surface area contributed by atoms with Crippen molar-refractivity contribution in [3.05, 3.63) is 12.7 Å². The Morgan fingerprint density at radius 2 is 1.80 bits per heavy atom. The molecule has 0 rings (SSSR count). The van der Waals surface area contributed by atoms with Crippen LogP contribution in [0.5, 0.6) is 0 Å². The van der Waals surface area contributed by atoms with Crippen LogP contribution in [0.1, 0.15) is 73.1 Å². The van der Waals surface area contributed by atoms with Gasteiger partial charge in [-0.2, -0.15) is 0 Å². The predicted molar refractivity (Wildman–Crippen MR) is 82.4 cm³/mol. The summed E-state index contributed by atoms with van der Waals surface area (Å²) in [6.45, 7) is 12.4. The first kappa shape index (κ1) is 19.1. The summed E-state index contributed by atoms with van der Waals surface area (Å²) in [6.07, 6.45) is 6.50. The number of rotatable bonds is 9. The van der Waals surface area contributed by atoms with Crippen LogP contribution in [0.25, 0.3) is 0 Å². The topological polar surface area (TPSA) is 26.3 Å². The Morgan fingerprint density at radius 3 is 2.25 bits per heavy atom. The molecule has 2 nitrogen and oxygen atoms in total. The molecule has 0 heterocycles. The van der Waals surface area contributed by atoms with Gasteiger partial charge in [-0.05, 0) is 66.7 Å². The molecule has 0 spiro atoms. The third kappa shape index (κ3) is 11.0. The predicted octanol–water partition coefficient (Wildman–Crippen LogP) is 5.22. The number of esters is 1. The second kappa shape index (κ2) is 8.43. The van der Waals surface area contributed by atoms with Crippen molar-refractivity contribution in [3.63, 3.8) is 0 Å². The van der Waals surface area contributed by atoms with Crippen LogP contribution in [0.15, 0.2) is 12.7 Å². The minimum absolute atomic E-state index is 0.194. The van der Waals surface area contributed by atoms with Gasteiger partial charge in [-0.15, -0.1) is 6.58 Å². The highest BCUT2D eigenvalue weighted by atomic mass is 19.1. The van der Waals surface area contributed by atoms with E-state index < -0.39 is 11.3 Å². The number of unbranched alkanes of at least 4 members (excludes halogenated alkanes) is 2. The Hall–Kier alpha value is -0.860. The van der Waals surface area contributed by atoms with E-state index in [0.29, 0.717) is 12.8 Å². The molecule has 0 N–H and O–H groups in total. The van der Waals surface area contributed by atoms with Crippen molar-refractivity contribution in [1.29, 1.82) is 0 Å². The van der Waals surface area contributed by atoms with Crippen molar-refractivity contribution in [2.24, 2.45) is 5.92 Å². The summed E-state index contributed by atoms with van der Waals surface area (Å²) in [5.74, 6) is -0.394. The van der Waals surface area contributed by atoms with Crippen LogP contribution in [0, 0.1) is 5.92 Å². The van der Waals surface area contributed by atoms with Crippen molar-refractivity contribution in [3.8, 4) is 0 Å². The molecular formula is C17H31FO2. The number of hydrogen-bond acceptors (Lipinski definition) is 2. The minimum Gasteiger partial charge on any atom is -0.460 e. The summed E-state index contributed by atoms with van der Waals surface area (Å²) in [5.41, 5.74) is -1.72. The molecule has 118 valence electrons. The van der Waals surface area contributed by atoms with Crippen LogP contribution in [0.4, 0.5) is 4.39 Å². The van der Waals surface area contributed by atoms with Gasteiger partial charge in [0.1, 0.15) is 11.3 Å². The fourth-order valence-corrected chi connectivity index (χ4v) is 1.96. The first-order valence-electron chi connectivity index (χ1n) is 7.58. The van der Waals surface area contributed by atoms with Crippen LogP contribution in [-0.2, 0) is 9.53 Å². The second-order valence-corrected chi connectivity index (χ2v) is 7.06. The van der Waals surface area contributed by atoms with Gasteiger partial charge in [0.25, 0.3) is 0 Å². The van der Waals surface area contributed by atoms with E-state index in [0.717, 1.165) is 25.7 Å². The van der Waals surface area contributed by atoms with Crippen LogP contribution in [-0.4, -0.2) is 17.2 Å². The summed E-state index contributed by atoms with van der Waals surface area (Å²) in [5, 5.41) is 0. The average molecular weight is 286 g/mol. The number of ether oxygens (including phenoxy) is 1. The lowest BCUT2D eigenvalue weighted by molar-refractivity contribution is -0.160. The Kier molecular flexibility index (Phi) is 8.07. The Labute approximate surface area is 123 Å². The molecule has 3 heteroatoms. The molecule has 0 radical (unpaired) electrons. The van der Waals surface area contributed by atoms with Gasteiger partial charge in [0.15, 0.2) is 0 Å². The molecular weight excluding hydrogens is 255 g/mol. The third-order valence-electron chi connectivity index (χ3n) is 3.04. The second-order valence-electron chi connectivity index (χ2n) is 7.06. The fraction of sp³-hybridized carbons (Fsp3) is 0.824. The first-order valence-corrected chi connectivity index (χ1v) is 7.58. The van der Waals surface area contributed by atoms with Crippen molar-refractivity contribution in [2.45, 2.75) is 84.4 Å². The molecule has 1 atom stereocenters. The Balaban J connectivity index is 4.44.